The molecule has 0 saturated carbocycles. The molecule has 0 fully saturated rings. The molecule has 2 aliphatic heterocycles. The van der Waals surface area contributed by atoms with Gasteiger partial charge in [-0.05, 0) is 36.4 Å². The van der Waals surface area contributed by atoms with E-state index in [0.29, 0.717) is 10.6 Å². The van der Waals surface area contributed by atoms with Crippen LogP contribution in [-0.4, -0.2) is 31.4 Å². The summed E-state index contributed by atoms with van der Waals surface area (Å²) in [5.41, 5.74) is 2.84. The van der Waals surface area contributed by atoms with Crippen molar-refractivity contribution in [1.29, 1.82) is 0 Å². The summed E-state index contributed by atoms with van der Waals surface area (Å²) < 4.78 is 0. The minimum Gasteiger partial charge on any atom is -0.308 e. The lowest BCUT2D eigenvalue weighted by atomic mass is 10.1. The molecule has 0 aliphatic carbocycles. The Balaban J connectivity index is 0.00000156. The van der Waals surface area contributed by atoms with Gasteiger partial charge in [0, 0.05) is 17.1 Å². The molecule has 0 N–H and O–H groups in total. The van der Waals surface area contributed by atoms with Gasteiger partial charge >= 0.3 is 0 Å². The van der Waals surface area contributed by atoms with E-state index >= 15 is 0 Å². The molecule has 2 aromatic carbocycles. The average molecular weight is 393 g/mol. The molecule has 6 heteroatoms. The molecular weight excluding hydrogens is 378 g/mol. The Morgan fingerprint density at radius 3 is 2.52 bits per heavy atom. The van der Waals surface area contributed by atoms with Crippen LogP contribution in [0.5, 0.6) is 0 Å². The average Bonchev–Trinajstić information content (AvgIpc) is 3.11. The first-order chi connectivity index (χ1) is 10.7. The normalized spacial score (nSPS) is 14.9. The minimum absolute atomic E-state index is 0. The van der Waals surface area contributed by atoms with Crippen molar-refractivity contribution in [3.05, 3.63) is 59.1 Å². The van der Waals surface area contributed by atoms with E-state index in [-0.39, 0.29) is 29.3 Å². The van der Waals surface area contributed by atoms with Crippen LogP contribution in [0, 0.1) is 0 Å². The lowest BCUT2D eigenvalue weighted by Crippen LogP contribution is -2.38. The molecule has 0 unspecified atom stereocenters. The van der Waals surface area contributed by atoms with Crippen molar-refractivity contribution in [3.63, 3.8) is 0 Å². The smallest absolute Gasteiger partial charge is 0.206 e. The van der Waals surface area contributed by atoms with E-state index in [1.54, 1.807) is 24.3 Å². The Morgan fingerprint density at radius 2 is 1.78 bits per heavy atom. The first kappa shape index (κ1) is 16.0. The van der Waals surface area contributed by atoms with Crippen molar-refractivity contribution in [2.24, 2.45) is 4.99 Å². The molecule has 0 bridgehead atoms. The second-order valence-corrected chi connectivity index (χ2v) is 5.77. The number of carbonyl (C=O) groups is 1. The predicted molar refractivity (Wildman–Crippen MR) is 99.5 cm³/mol. The number of anilines is 2. The van der Waals surface area contributed by atoms with E-state index in [9.17, 15) is 4.79 Å². The van der Waals surface area contributed by atoms with Gasteiger partial charge in [-0.3, -0.25) is 9.79 Å². The van der Waals surface area contributed by atoms with Crippen LogP contribution in [0.15, 0.2) is 53.5 Å². The largest absolute Gasteiger partial charge is 0.308 e. The molecule has 0 atom stereocenters. The maximum Gasteiger partial charge on any atom is 0.206 e. The standard InChI is InChI=1S/C17H14ClN3O.BrH/c18-13-7-5-12(6-8-13)16(22)11-21-15-4-2-1-3-14(15)20-10-9-19-17(20)21;/h1-8H,9-11H2;1H. The van der Waals surface area contributed by atoms with Crippen LogP contribution in [0.1, 0.15) is 10.4 Å². The van der Waals surface area contributed by atoms with E-state index in [1.807, 2.05) is 23.1 Å². The number of ketones is 1. The lowest BCUT2D eigenvalue weighted by molar-refractivity contribution is 0.100. The molecule has 2 aromatic rings. The summed E-state index contributed by atoms with van der Waals surface area (Å²) in [6.45, 7) is 1.93. The van der Waals surface area contributed by atoms with Gasteiger partial charge in [0.15, 0.2) is 5.78 Å². The van der Waals surface area contributed by atoms with Crippen molar-refractivity contribution in [2.75, 3.05) is 29.4 Å². The molecule has 0 spiro atoms. The van der Waals surface area contributed by atoms with Crippen molar-refractivity contribution in [1.82, 2.24) is 0 Å². The molecule has 2 heterocycles. The summed E-state index contributed by atoms with van der Waals surface area (Å²) in [7, 11) is 0. The number of aliphatic imine (C=N–C) groups is 1. The third kappa shape index (κ3) is 2.75. The van der Waals surface area contributed by atoms with Gasteiger partial charge in [-0.25, -0.2) is 0 Å². The number of fused-ring (bicyclic) bond motifs is 3. The molecule has 4 nitrogen and oxygen atoms in total. The Hall–Kier alpha value is -1.85. The highest BCUT2D eigenvalue weighted by Gasteiger charge is 2.35. The molecule has 0 radical (unpaired) electrons. The number of carbonyl (C=O) groups excluding carboxylic acids is 1. The van der Waals surface area contributed by atoms with Crippen molar-refractivity contribution >= 4 is 51.7 Å². The summed E-state index contributed by atoms with van der Waals surface area (Å²) in [6.07, 6.45) is 0. The van der Waals surface area contributed by atoms with Gasteiger partial charge in [0.05, 0.1) is 24.5 Å². The molecule has 118 valence electrons. The second kappa shape index (κ2) is 6.34. The zero-order valence-corrected chi connectivity index (χ0v) is 14.7. The minimum atomic E-state index is 0. The second-order valence-electron chi connectivity index (χ2n) is 5.34. The van der Waals surface area contributed by atoms with Gasteiger partial charge in [0.2, 0.25) is 5.96 Å². The summed E-state index contributed by atoms with van der Waals surface area (Å²) in [5, 5.41) is 0.634. The third-order valence-corrected chi connectivity index (χ3v) is 4.24. The Morgan fingerprint density at radius 1 is 1.09 bits per heavy atom. The fraction of sp³-hybridized carbons (Fsp3) is 0.176. The highest BCUT2D eigenvalue weighted by atomic mass is 79.9. The van der Waals surface area contributed by atoms with E-state index < -0.39 is 0 Å². The van der Waals surface area contributed by atoms with Gasteiger partial charge in [-0.2, -0.15) is 0 Å². The summed E-state index contributed by atoms with van der Waals surface area (Å²) in [4.78, 5) is 21.3. The number of nitrogens with zero attached hydrogens (tertiary/aromatic N) is 3. The van der Waals surface area contributed by atoms with Crippen LogP contribution in [-0.2, 0) is 0 Å². The van der Waals surface area contributed by atoms with E-state index in [4.69, 9.17) is 11.6 Å². The number of para-hydroxylation sites is 2. The number of benzene rings is 2. The molecular formula is C17H15BrClN3O. The zero-order valence-electron chi connectivity index (χ0n) is 12.3. The molecule has 0 saturated heterocycles. The first-order valence-corrected chi connectivity index (χ1v) is 7.59. The van der Waals surface area contributed by atoms with Crippen LogP contribution < -0.4 is 9.80 Å². The van der Waals surface area contributed by atoms with Crippen LogP contribution in [0.2, 0.25) is 5.02 Å². The number of halogens is 2. The topological polar surface area (TPSA) is 35.9 Å². The maximum atomic E-state index is 12.6. The zero-order chi connectivity index (χ0) is 15.1. The lowest BCUT2D eigenvalue weighted by Gasteiger charge is -2.18. The maximum absolute atomic E-state index is 12.6. The molecule has 23 heavy (non-hydrogen) atoms. The van der Waals surface area contributed by atoms with Crippen molar-refractivity contribution in [2.45, 2.75) is 0 Å². The van der Waals surface area contributed by atoms with Crippen molar-refractivity contribution in [3.8, 4) is 0 Å². The van der Waals surface area contributed by atoms with Gasteiger partial charge < -0.3 is 9.80 Å². The van der Waals surface area contributed by atoms with Crippen LogP contribution in [0.25, 0.3) is 0 Å². The quantitative estimate of drug-likeness (QED) is 0.746. The fourth-order valence-corrected chi connectivity index (χ4v) is 3.08. The summed E-state index contributed by atoms with van der Waals surface area (Å²) in [6, 6.07) is 15.1. The SMILES string of the molecule is Br.O=C(CN1C2=NCCN2c2ccccc21)c1ccc(Cl)cc1. The van der Waals surface area contributed by atoms with Gasteiger partial charge in [-0.1, -0.05) is 23.7 Å². The van der Waals surface area contributed by atoms with Gasteiger partial charge in [-0.15, -0.1) is 17.0 Å². The van der Waals surface area contributed by atoms with E-state index in [1.165, 1.54) is 0 Å². The van der Waals surface area contributed by atoms with Crippen LogP contribution >= 0.6 is 28.6 Å². The first-order valence-electron chi connectivity index (χ1n) is 7.21. The predicted octanol–water partition coefficient (Wildman–Crippen LogP) is 3.80. The highest BCUT2D eigenvalue weighted by Crippen LogP contribution is 2.38. The van der Waals surface area contributed by atoms with E-state index in [2.05, 4.69) is 16.0 Å². The Bertz CT molecular complexity index is 776. The Labute approximate surface area is 150 Å². The monoisotopic (exact) mass is 391 g/mol. The summed E-state index contributed by atoms with van der Waals surface area (Å²) >= 11 is 5.88. The fourth-order valence-electron chi connectivity index (χ4n) is 2.95. The van der Waals surface area contributed by atoms with Crippen LogP contribution in [0.4, 0.5) is 11.4 Å². The third-order valence-electron chi connectivity index (χ3n) is 3.99. The number of hydrogen-bond acceptors (Lipinski definition) is 4. The molecule has 0 aromatic heterocycles. The number of guanidine groups is 1. The van der Waals surface area contributed by atoms with Gasteiger partial charge in [0.1, 0.15) is 0 Å². The number of Topliss-reactive ketones (excluding diaryl/α,β-unsaturated/α-hetero) is 1. The van der Waals surface area contributed by atoms with Crippen LogP contribution in [0.3, 0.4) is 0 Å². The Kier molecular flexibility index (Phi) is 4.41. The van der Waals surface area contributed by atoms with Gasteiger partial charge in [0.25, 0.3) is 0 Å². The molecule has 2 aliphatic rings. The number of rotatable bonds is 3. The number of hydrogen-bond donors (Lipinski definition) is 0. The summed E-state index contributed by atoms with van der Waals surface area (Å²) in [5.74, 6) is 0.937. The highest BCUT2D eigenvalue weighted by molar-refractivity contribution is 8.93. The molecule has 4 rings (SSSR count). The molecule has 0 amide bonds. The van der Waals surface area contributed by atoms with E-state index in [0.717, 1.165) is 30.4 Å². The van der Waals surface area contributed by atoms with Crippen molar-refractivity contribution < 1.29 is 4.79 Å².